The van der Waals surface area contributed by atoms with E-state index in [2.05, 4.69) is 25.2 Å². The van der Waals surface area contributed by atoms with Crippen LogP contribution < -0.4 is 4.74 Å². The van der Waals surface area contributed by atoms with E-state index in [1.165, 1.54) is 57.8 Å². The van der Waals surface area contributed by atoms with Crippen molar-refractivity contribution in [2.24, 2.45) is 17.8 Å². The van der Waals surface area contributed by atoms with Crippen LogP contribution in [0.2, 0.25) is 0 Å². The Balaban J connectivity index is 1.47. The van der Waals surface area contributed by atoms with Crippen LogP contribution in [0.25, 0.3) is 5.57 Å². The predicted octanol–water partition coefficient (Wildman–Crippen LogP) is 8.88. The molecular formula is C28H40F2O. The molecule has 1 nitrogen and oxygen atoms in total. The third kappa shape index (κ3) is 6.67. The van der Waals surface area contributed by atoms with Gasteiger partial charge in [-0.3, -0.25) is 0 Å². The van der Waals surface area contributed by atoms with E-state index in [0.717, 1.165) is 36.7 Å². The van der Waals surface area contributed by atoms with E-state index in [9.17, 15) is 8.78 Å². The van der Waals surface area contributed by atoms with Crippen molar-refractivity contribution in [1.29, 1.82) is 0 Å². The van der Waals surface area contributed by atoms with Gasteiger partial charge in [0.2, 0.25) is 5.82 Å². The Labute approximate surface area is 188 Å². The number of rotatable bonds is 10. The van der Waals surface area contributed by atoms with Crippen LogP contribution in [0.3, 0.4) is 0 Å². The molecule has 1 atom stereocenters. The van der Waals surface area contributed by atoms with Gasteiger partial charge in [-0.15, -0.1) is 0 Å². The van der Waals surface area contributed by atoms with Crippen molar-refractivity contribution in [3.05, 3.63) is 47.6 Å². The second-order valence-corrected chi connectivity index (χ2v) is 9.39. The second-order valence-electron chi connectivity index (χ2n) is 9.39. The number of allylic oxidation sites excluding steroid dienone is 4. The smallest absolute Gasteiger partial charge is 0.201 e. The zero-order valence-electron chi connectivity index (χ0n) is 19.5. The van der Waals surface area contributed by atoms with Crippen molar-refractivity contribution in [3.8, 4) is 5.75 Å². The van der Waals surface area contributed by atoms with Crippen molar-refractivity contribution in [3.63, 3.8) is 0 Å². The SMILES string of the molecule is CCCCCC/C=C/C1CCC(C2CC=C(c3ccc(OCC)c(F)c3F)CC2)CC1. The molecule has 0 radical (unpaired) electrons. The van der Waals surface area contributed by atoms with Gasteiger partial charge in [-0.25, -0.2) is 4.39 Å². The van der Waals surface area contributed by atoms with Crippen molar-refractivity contribution in [1.82, 2.24) is 0 Å². The van der Waals surface area contributed by atoms with E-state index in [-0.39, 0.29) is 5.75 Å². The number of hydrogen-bond donors (Lipinski definition) is 0. The number of benzene rings is 1. The van der Waals surface area contributed by atoms with Gasteiger partial charge in [-0.2, -0.15) is 4.39 Å². The highest BCUT2D eigenvalue weighted by Gasteiger charge is 2.29. The molecule has 0 heterocycles. The Morgan fingerprint density at radius 2 is 1.74 bits per heavy atom. The highest BCUT2D eigenvalue weighted by atomic mass is 19.2. The molecular weight excluding hydrogens is 390 g/mol. The van der Waals surface area contributed by atoms with Crippen LogP contribution >= 0.6 is 0 Å². The molecule has 3 rings (SSSR count). The summed E-state index contributed by atoms with van der Waals surface area (Å²) in [6.45, 7) is 4.36. The highest BCUT2D eigenvalue weighted by Crippen LogP contribution is 2.42. The van der Waals surface area contributed by atoms with Crippen LogP contribution in [0.4, 0.5) is 8.78 Å². The van der Waals surface area contributed by atoms with Crippen molar-refractivity contribution >= 4 is 5.57 Å². The maximum Gasteiger partial charge on any atom is 0.201 e. The van der Waals surface area contributed by atoms with Crippen LogP contribution in [0.15, 0.2) is 30.4 Å². The Kier molecular flexibility index (Phi) is 9.61. The summed E-state index contributed by atoms with van der Waals surface area (Å²) in [4.78, 5) is 0. The Morgan fingerprint density at radius 3 is 2.42 bits per heavy atom. The third-order valence-corrected chi connectivity index (χ3v) is 7.26. The Bertz CT molecular complexity index is 744. The predicted molar refractivity (Wildman–Crippen MR) is 126 cm³/mol. The average molecular weight is 431 g/mol. The summed E-state index contributed by atoms with van der Waals surface area (Å²) >= 11 is 0. The summed E-state index contributed by atoms with van der Waals surface area (Å²) in [5.41, 5.74) is 1.36. The molecule has 1 saturated carbocycles. The maximum absolute atomic E-state index is 14.6. The number of ether oxygens (including phenoxy) is 1. The molecule has 1 fully saturated rings. The molecule has 2 aliphatic carbocycles. The van der Waals surface area contributed by atoms with E-state index < -0.39 is 11.6 Å². The van der Waals surface area contributed by atoms with Crippen LogP contribution in [-0.4, -0.2) is 6.61 Å². The summed E-state index contributed by atoms with van der Waals surface area (Å²) in [6, 6.07) is 3.23. The molecule has 0 bridgehead atoms. The van der Waals surface area contributed by atoms with E-state index in [4.69, 9.17) is 4.74 Å². The Hall–Kier alpha value is -1.64. The largest absolute Gasteiger partial charge is 0.491 e. The lowest BCUT2D eigenvalue weighted by Gasteiger charge is -2.35. The molecule has 3 heteroatoms. The van der Waals surface area contributed by atoms with E-state index in [1.807, 2.05) is 0 Å². The second kappa shape index (κ2) is 12.4. The molecule has 0 spiro atoms. The molecule has 31 heavy (non-hydrogen) atoms. The van der Waals surface area contributed by atoms with E-state index >= 15 is 0 Å². The number of unbranched alkanes of at least 4 members (excludes halogenated alkanes) is 4. The molecule has 0 aromatic heterocycles. The minimum atomic E-state index is -0.862. The van der Waals surface area contributed by atoms with Gasteiger partial charge in [-0.1, -0.05) is 44.4 Å². The van der Waals surface area contributed by atoms with Gasteiger partial charge < -0.3 is 4.74 Å². The summed E-state index contributed by atoms with van der Waals surface area (Å²) in [6.07, 6.45) is 21.8. The first kappa shape index (κ1) is 24.0. The molecule has 172 valence electrons. The zero-order valence-corrected chi connectivity index (χ0v) is 19.5. The van der Waals surface area contributed by atoms with Crippen molar-refractivity contribution in [2.75, 3.05) is 6.61 Å². The van der Waals surface area contributed by atoms with Gasteiger partial charge >= 0.3 is 0 Å². The van der Waals surface area contributed by atoms with Gasteiger partial charge in [0, 0.05) is 5.56 Å². The fourth-order valence-electron chi connectivity index (χ4n) is 5.36. The highest BCUT2D eigenvalue weighted by molar-refractivity contribution is 5.67. The third-order valence-electron chi connectivity index (χ3n) is 7.26. The standard InChI is InChI=1S/C28H40F2O/c1-3-5-6-7-8-9-10-21-11-13-22(14-12-21)23-15-17-24(18-16-23)25-19-20-26(31-4-2)28(30)27(25)29/h9-10,17,19-23H,3-8,11-16,18H2,1-2H3/b10-9+. The van der Waals surface area contributed by atoms with Gasteiger partial charge in [0.1, 0.15) is 0 Å². The van der Waals surface area contributed by atoms with Crippen LogP contribution in [-0.2, 0) is 0 Å². The minimum absolute atomic E-state index is 0.00445. The fourth-order valence-corrected chi connectivity index (χ4v) is 5.36. The molecule has 0 aliphatic heterocycles. The molecule has 1 aromatic carbocycles. The van der Waals surface area contributed by atoms with Gasteiger partial charge in [-0.05, 0) is 100 Å². The van der Waals surface area contributed by atoms with Crippen LogP contribution in [0.1, 0.15) is 96.5 Å². The van der Waals surface area contributed by atoms with Gasteiger partial charge in [0.25, 0.3) is 0 Å². The van der Waals surface area contributed by atoms with Crippen molar-refractivity contribution in [2.45, 2.75) is 90.9 Å². The summed E-state index contributed by atoms with van der Waals surface area (Å²) in [7, 11) is 0. The molecule has 1 unspecified atom stereocenters. The molecule has 1 aromatic rings. The first-order valence-corrected chi connectivity index (χ1v) is 12.6. The van der Waals surface area contributed by atoms with Gasteiger partial charge in [0.15, 0.2) is 11.6 Å². The van der Waals surface area contributed by atoms with Crippen LogP contribution in [0, 0.1) is 29.4 Å². The topological polar surface area (TPSA) is 9.23 Å². The molecule has 2 aliphatic rings. The first-order valence-electron chi connectivity index (χ1n) is 12.6. The average Bonchev–Trinajstić information content (AvgIpc) is 2.80. The molecule has 0 amide bonds. The molecule has 0 saturated heterocycles. The summed E-state index contributed by atoms with van der Waals surface area (Å²) in [5.74, 6) is 0.617. The lowest BCUT2D eigenvalue weighted by atomic mass is 9.71. The normalized spacial score (nSPS) is 24.4. The fraction of sp³-hybridized carbons (Fsp3) is 0.643. The van der Waals surface area contributed by atoms with Crippen LogP contribution in [0.5, 0.6) is 5.75 Å². The quantitative estimate of drug-likeness (QED) is 0.266. The molecule has 0 N–H and O–H groups in total. The van der Waals surface area contributed by atoms with Crippen molar-refractivity contribution < 1.29 is 13.5 Å². The Morgan fingerprint density at radius 1 is 0.935 bits per heavy atom. The summed E-state index contributed by atoms with van der Waals surface area (Å²) in [5, 5.41) is 0. The monoisotopic (exact) mass is 430 g/mol. The number of hydrogen-bond acceptors (Lipinski definition) is 1. The van der Waals surface area contributed by atoms with Gasteiger partial charge in [0.05, 0.1) is 6.61 Å². The first-order chi connectivity index (χ1) is 15.1. The lowest BCUT2D eigenvalue weighted by molar-refractivity contribution is 0.212. The minimum Gasteiger partial charge on any atom is -0.491 e. The maximum atomic E-state index is 14.6. The van der Waals surface area contributed by atoms with E-state index in [0.29, 0.717) is 18.1 Å². The van der Waals surface area contributed by atoms with E-state index in [1.54, 1.807) is 19.1 Å². The number of halogens is 2. The summed E-state index contributed by atoms with van der Waals surface area (Å²) < 4.78 is 34.0. The zero-order chi connectivity index (χ0) is 22.1. The lowest BCUT2D eigenvalue weighted by Crippen LogP contribution is -2.22.